The number of phenolic OH excluding ortho intramolecular Hbond substituents is 1. The Hall–Kier alpha value is -0.440. The number of hydrogen-bond acceptors (Lipinski definition) is 2. The molecule has 0 atom stereocenters. The highest BCUT2D eigenvalue weighted by atomic mass is 35.5. The molecule has 0 aliphatic carbocycles. The van der Waals surface area contributed by atoms with E-state index >= 15 is 0 Å². The van der Waals surface area contributed by atoms with Crippen LogP contribution in [-0.4, -0.2) is 5.11 Å². The first-order valence-electron chi connectivity index (χ1n) is 3.66. The highest BCUT2D eigenvalue weighted by Crippen LogP contribution is 2.41. The molecule has 0 radical (unpaired) electrons. The fraction of sp³-hybridized carbons (Fsp3) is 0.111. The van der Waals surface area contributed by atoms with Crippen molar-refractivity contribution in [2.24, 2.45) is 0 Å². The maximum Gasteiger partial charge on any atom is 0.136 e. The molecule has 0 aliphatic heterocycles. The monoisotopic (exact) mass is 232 g/mol. The number of phenols is 1. The summed E-state index contributed by atoms with van der Waals surface area (Å²) < 4.78 is 0.932. The fourth-order valence-corrected chi connectivity index (χ4v) is 2.70. The van der Waals surface area contributed by atoms with Gasteiger partial charge in [0.25, 0.3) is 0 Å². The molecule has 0 unspecified atom stereocenters. The summed E-state index contributed by atoms with van der Waals surface area (Å²) in [6.07, 6.45) is 0. The minimum Gasteiger partial charge on any atom is -0.506 e. The molecular weight excluding hydrogens is 227 g/mol. The third-order valence-corrected chi connectivity index (χ3v) is 3.85. The van der Waals surface area contributed by atoms with Crippen molar-refractivity contribution in [1.29, 1.82) is 0 Å². The Labute approximate surface area is 89.5 Å². The molecule has 0 aliphatic rings. The first kappa shape index (κ1) is 9.13. The largest absolute Gasteiger partial charge is 0.506 e. The summed E-state index contributed by atoms with van der Waals surface area (Å²) in [7, 11) is 0. The Bertz CT molecular complexity index is 476. The van der Waals surface area contributed by atoms with E-state index in [9.17, 15) is 5.11 Å². The molecule has 2 aromatic rings. The molecule has 4 heteroatoms. The average Bonchev–Trinajstić information content (AvgIpc) is 2.42. The number of aryl methyl sites for hydroxylation is 1. The van der Waals surface area contributed by atoms with Gasteiger partial charge >= 0.3 is 0 Å². The van der Waals surface area contributed by atoms with Gasteiger partial charge in [-0.2, -0.15) is 0 Å². The van der Waals surface area contributed by atoms with E-state index in [-0.39, 0.29) is 10.8 Å². The molecule has 0 saturated heterocycles. The third-order valence-electron chi connectivity index (χ3n) is 1.79. The third kappa shape index (κ3) is 1.39. The molecular formula is C9H6Cl2OS. The smallest absolute Gasteiger partial charge is 0.136 e. The maximum atomic E-state index is 9.40. The zero-order chi connectivity index (χ0) is 9.59. The number of thiophene rings is 1. The second-order valence-corrected chi connectivity index (χ2v) is 4.81. The number of halogens is 2. The van der Waals surface area contributed by atoms with Gasteiger partial charge < -0.3 is 5.11 Å². The van der Waals surface area contributed by atoms with E-state index in [1.807, 2.05) is 13.0 Å². The van der Waals surface area contributed by atoms with Gasteiger partial charge in [-0.3, -0.25) is 0 Å². The molecule has 1 heterocycles. The molecule has 0 amide bonds. The predicted molar refractivity (Wildman–Crippen MR) is 58.2 cm³/mol. The zero-order valence-electron chi connectivity index (χ0n) is 6.77. The summed E-state index contributed by atoms with van der Waals surface area (Å²) in [5, 5.41) is 11.0. The molecule has 1 nitrogen and oxygen atoms in total. The minimum atomic E-state index is 0.0389. The Morgan fingerprint density at radius 2 is 1.92 bits per heavy atom. The van der Waals surface area contributed by atoms with Gasteiger partial charge in [-0.15, -0.1) is 11.3 Å². The minimum absolute atomic E-state index is 0.0389. The van der Waals surface area contributed by atoms with Gasteiger partial charge in [0.05, 0.1) is 9.72 Å². The highest BCUT2D eigenvalue weighted by Gasteiger charge is 2.11. The SMILES string of the molecule is Cc1cc2cc(O)c(Cl)c(Cl)c2s1. The van der Waals surface area contributed by atoms with Crippen LogP contribution in [0.25, 0.3) is 10.1 Å². The normalized spacial score (nSPS) is 11.0. The molecule has 68 valence electrons. The van der Waals surface area contributed by atoms with Crippen molar-refractivity contribution in [2.75, 3.05) is 0 Å². The Morgan fingerprint density at radius 3 is 2.62 bits per heavy atom. The summed E-state index contributed by atoms with van der Waals surface area (Å²) in [5.41, 5.74) is 0. The van der Waals surface area contributed by atoms with Crippen LogP contribution >= 0.6 is 34.5 Å². The van der Waals surface area contributed by atoms with Gasteiger partial charge in [-0.1, -0.05) is 23.2 Å². The highest BCUT2D eigenvalue weighted by molar-refractivity contribution is 7.19. The quantitative estimate of drug-likeness (QED) is 0.722. The number of rotatable bonds is 0. The standard InChI is InChI=1S/C9H6Cl2OS/c1-4-2-5-3-6(12)7(10)8(11)9(5)13-4/h2-3,12H,1H3. The molecule has 1 aromatic carbocycles. The lowest BCUT2D eigenvalue weighted by molar-refractivity contribution is 0.476. The lowest BCUT2D eigenvalue weighted by Gasteiger charge is -1.99. The first-order valence-corrected chi connectivity index (χ1v) is 5.24. The van der Waals surface area contributed by atoms with Crippen LogP contribution in [0.4, 0.5) is 0 Å². The summed E-state index contributed by atoms with van der Waals surface area (Å²) >= 11 is 13.3. The van der Waals surface area contributed by atoms with Crippen molar-refractivity contribution in [3.05, 3.63) is 27.1 Å². The second-order valence-electron chi connectivity index (χ2n) is 2.80. The molecule has 1 N–H and O–H groups in total. The van der Waals surface area contributed by atoms with E-state index in [2.05, 4.69) is 0 Å². The Morgan fingerprint density at radius 1 is 1.23 bits per heavy atom. The molecule has 1 aromatic heterocycles. The van der Waals surface area contributed by atoms with E-state index in [0.717, 1.165) is 15.0 Å². The molecule has 0 spiro atoms. The van der Waals surface area contributed by atoms with E-state index in [1.54, 1.807) is 17.4 Å². The van der Waals surface area contributed by atoms with Crippen molar-refractivity contribution in [3.8, 4) is 5.75 Å². The number of aromatic hydroxyl groups is 1. The van der Waals surface area contributed by atoms with Crippen molar-refractivity contribution in [3.63, 3.8) is 0 Å². The summed E-state index contributed by atoms with van der Waals surface area (Å²) in [6.45, 7) is 1.99. The Kier molecular flexibility index (Phi) is 2.14. The lowest BCUT2D eigenvalue weighted by atomic mass is 10.2. The summed E-state index contributed by atoms with van der Waals surface area (Å²) in [4.78, 5) is 1.15. The van der Waals surface area contributed by atoms with E-state index in [0.29, 0.717) is 5.02 Å². The molecule has 13 heavy (non-hydrogen) atoms. The van der Waals surface area contributed by atoms with Crippen LogP contribution in [0.15, 0.2) is 12.1 Å². The van der Waals surface area contributed by atoms with Gasteiger partial charge in [-0.05, 0) is 24.4 Å². The van der Waals surface area contributed by atoms with Gasteiger partial charge in [0.1, 0.15) is 10.8 Å². The van der Waals surface area contributed by atoms with Crippen molar-refractivity contribution < 1.29 is 5.11 Å². The average molecular weight is 233 g/mol. The van der Waals surface area contributed by atoms with Gasteiger partial charge in [0, 0.05) is 4.88 Å². The van der Waals surface area contributed by atoms with Crippen molar-refractivity contribution in [1.82, 2.24) is 0 Å². The predicted octanol–water partition coefficient (Wildman–Crippen LogP) is 4.22. The Balaban J connectivity index is 2.92. The van der Waals surface area contributed by atoms with Crippen LogP contribution in [0.5, 0.6) is 5.75 Å². The second kappa shape index (κ2) is 3.05. The number of hydrogen-bond donors (Lipinski definition) is 1. The van der Waals surface area contributed by atoms with Gasteiger partial charge in [-0.25, -0.2) is 0 Å². The van der Waals surface area contributed by atoms with Crippen LogP contribution in [0.3, 0.4) is 0 Å². The van der Waals surface area contributed by atoms with Gasteiger partial charge in [0.15, 0.2) is 0 Å². The number of fused-ring (bicyclic) bond motifs is 1. The van der Waals surface area contributed by atoms with E-state index < -0.39 is 0 Å². The fourth-order valence-electron chi connectivity index (χ4n) is 1.24. The van der Waals surface area contributed by atoms with E-state index in [1.165, 1.54) is 0 Å². The van der Waals surface area contributed by atoms with Crippen LogP contribution in [0, 0.1) is 6.92 Å². The van der Waals surface area contributed by atoms with Crippen molar-refractivity contribution in [2.45, 2.75) is 6.92 Å². The molecule has 2 rings (SSSR count). The maximum absolute atomic E-state index is 9.40. The topological polar surface area (TPSA) is 20.2 Å². The molecule has 0 bridgehead atoms. The lowest BCUT2D eigenvalue weighted by Crippen LogP contribution is -1.71. The number of benzene rings is 1. The summed E-state index contributed by atoms with van der Waals surface area (Å²) in [5.74, 6) is 0.0389. The van der Waals surface area contributed by atoms with Gasteiger partial charge in [0.2, 0.25) is 0 Å². The van der Waals surface area contributed by atoms with Crippen LogP contribution in [0.2, 0.25) is 10.0 Å². The first-order chi connectivity index (χ1) is 6.09. The summed E-state index contributed by atoms with van der Waals surface area (Å²) in [6, 6.07) is 3.61. The zero-order valence-corrected chi connectivity index (χ0v) is 9.09. The van der Waals surface area contributed by atoms with Crippen molar-refractivity contribution >= 4 is 44.6 Å². The van der Waals surface area contributed by atoms with Crippen LogP contribution in [-0.2, 0) is 0 Å². The molecule has 0 saturated carbocycles. The molecule has 0 fully saturated rings. The van der Waals surface area contributed by atoms with Crippen LogP contribution in [0.1, 0.15) is 4.88 Å². The van der Waals surface area contributed by atoms with E-state index in [4.69, 9.17) is 23.2 Å². The van der Waals surface area contributed by atoms with Crippen LogP contribution < -0.4 is 0 Å².